The molecule has 33 heavy (non-hydrogen) atoms. The van der Waals surface area contributed by atoms with Gasteiger partial charge in [-0.25, -0.2) is 19.2 Å². The number of anilines is 2. The number of piperidine rings is 1. The molecule has 0 aliphatic carbocycles. The lowest BCUT2D eigenvalue weighted by atomic mass is 10.0. The van der Waals surface area contributed by atoms with Gasteiger partial charge in [-0.2, -0.15) is 18.3 Å². The molecule has 0 saturated carbocycles. The van der Waals surface area contributed by atoms with Gasteiger partial charge >= 0.3 is 12.2 Å². The molecule has 3 aromatic rings. The molecule has 0 unspecified atom stereocenters. The third kappa shape index (κ3) is 4.45. The maximum atomic E-state index is 15.0. The number of pyridine rings is 1. The number of nitrogens with zero attached hydrogens (tertiary/aromatic N) is 6. The van der Waals surface area contributed by atoms with E-state index in [-0.39, 0.29) is 13.0 Å². The fourth-order valence-corrected chi connectivity index (χ4v) is 3.72. The van der Waals surface area contributed by atoms with Crippen LogP contribution in [0.25, 0.3) is 11.2 Å². The van der Waals surface area contributed by atoms with Crippen LogP contribution in [-0.4, -0.2) is 68.0 Å². The average molecular weight is 468 g/mol. The van der Waals surface area contributed by atoms with Gasteiger partial charge in [-0.1, -0.05) is 0 Å². The number of carbonyl (C=O) groups is 1. The van der Waals surface area contributed by atoms with Gasteiger partial charge in [0.1, 0.15) is 23.2 Å². The predicted octanol–water partition coefficient (Wildman–Crippen LogP) is 2.15. The summed E-state index contributed by atoms with van der Waals surface area (Å²) < 4.78 is 54.9. The highest BCUT2D eigenvalue weighted by Gasteiger charge is 2.36. The smallest absolute Gasteiger partial charge is 0.352 e. The van der Waals surface area contributed by atoms with Gasteiger partial charge in [0.2, 0.25) is 0 Å². The van der Waals surface area contributed by atoms with Crippen LogP contribution in [0, 0.1) is 0 Å². The molecule has 4 rings (SSSR count). The number of halogens is 4. The summed E-state index contributed by atoms with van der Waals surface area (Å²) in [7, 11) is 2.48. The van der Waals surface area contributed by atoms with Gasteiger partial charge in [0, 0.05) is 26.8 Å². The molecule has 2 atom stereocenters. The summed E-state index contributed by atoms with van der Waals surface area (Å²) in [6, 6.07) is -1.16. The van der Waals surface area contributed by atoms with Crippen LogP contribution in [0.15, 0.2) is 29.5 Å². The molecule has 4 heterocycles. The molecular weight excluding hydrogens is 448 g/mol. The van der Waals surface area contributed by atoms with Crippen molar-refractivity contribution in [3.63, 3.8) is 0 Å². The molecule has 1 saturated heterocycles. The van der Waals surface area contributed by atoms with E-state index in [2.05, 4.69) is 25.5 Å². The highest BCUT2D eigenvalue weighted by Crippen LogP contribution is 2.30. The molecule has 14 heteroatoms. The second-order valence-corrected chi connectivity index (χ2v) is 7.75. The zero-order chi connectivity index (χ0) is 23.9. The largest absolute Gasteiger partial charge is 0.417 e. The number of alkyl halides is 4. The SMILES string of the molecule is CN(C(=O)Nc1cc(C(F)(F)F)cn(C)c1=O)[C@@H]1CCN(c2cnc3[nH]ncc3n2)C[C@H]1F. The van der Waals surface area contributed by atoms with Gasteiger partial charge in [-0.15, -0.1) is 0 Å². The van der Waals surface area contributed by atoms with Crippen LogP contribution in [-0.2, 0) is 13.2 Å². The third-order valence-corrected chi connectivity index (χ3v) is 5.55. The molecule has 1 aliphatic heterocycles. The molecule has 0 radical (unpaired) electrons. The average Bonchev–Trinajstić information content (AvgIpc) is 3.23. The Labute approximate surface area is 184 Å². The summed E-state index contributed by atoms with van der Waals surface area (Å²) in [6.07, 6.45) is -2.30. The van der Waals surface area contributed by atoms with Crippen LogP contribution < -0.4 is 15.8 Å². The van der Waals surface area contributed by atoms with Crippen molar-refractivity contribution in [3.8, 4) is 0 Å². The minimum Gasteiger partial charge on any atom is -0.352 e. The van der Waals surface area contributed by atoms with Crippen molar-refractivity contribution in [2.24, 2.45) is 7.05 Å². The van der Waals surface area contributed by atoms with E-state index in [1.165, 1.54) is 19.4 Å². The van der Waals surface area contributed by atoms with Crippen molar-refractivity contribution in [3.05, 3.63) is 40.6 Å². The van der Waals surface area contributed by atoms with E-state index in [1.807, 2.05) is 0 Å². The van der Waals surface area contributed by atoms with Crippen molar-refractivity contribution in [2.75, 3.05) is 30.4 Å². The quantitative estimate of drug-likeness (QED) is 0.570. The van der Waals surface area contributed by atoms with Crippen LogP contribution in [0.1, 0.15) is 12.0 Å². The number of aromatic nitrogens is 5. The van der Waals surface area contributed by atoms with Gasteiger partial charge in [0.05, 0.1) is 30.5 Å². The number of nitrogens with one attached hydrogen (secondary N) is 2. The Hall–Kier alpha value is -3.71. The summed E-state index contributed by atoms with van der Waals surface area (Å²) in [5.74, 6) is 0.463. The van der Waals surface area contributed by atoms with E-state index in [0.29, 0.717) is 35.8 Å². The fraction of sp³-hybridized carbons (Fsp3) is 0.421. The zero-order valence-corrected chi connectivity index (χ0v) is 17.6. The fourth-order valence-electron chi connectivity index (χ4n) is 3.72. The van der Waals surface area contributed by atoms with Crippen molar-refractivity contribution >= 4 is 28.7 Å². The maximum Gasteiger partial charge on any atom is 0.417 e. The molecule has 2 N–H and O–H groups in total. The number of fused-ring (bicyclic) bond motifs is 1. The Morgan fingerprint density at radius 3 is 2.79 bits per heavy atom. The molecule has 10 nitrogen and oxygen atoms in total. The first-order chi connectivity index (χ1) is 15.5. The minimum atomic E-state index is -4.70. The molecule has 176 valence electrons. The summed E-state index contributed by atoms with van der Waals surface area (Å²) in [6.45, 7) is 0.303. The predicted molar refractivity (Wildman–Crippen MR) is 111 cm³/mol. The molecule has 0 spiro atoms. The van der Waals surface area contributed by atoms with Gasteiger partial charge < -0.3 is 19.7 Å². The van der Waals surface area contributed by atoms with Crippen LogP contribution in [0.2, 0.25) is 0 Å². The Kier molecular flexibility index (Phi) is 5.68. The topological polar surface area (TPSA) is 112 Å². The number of aromatic amines is 1. The molecule has 2 amide bonds. The van der Waals surface area contributed by atoms with Crippen LogP contribution in [0.5, 0.6) is 0 Å². The van der Waals surface area contributed by atoms with Gasteiger partial charge in [-0.3, -0.25) is 9.89 Å². The lowest BCUT2D eigenvalue weighted by Crippen LogP contribution is -2.54. The Morgan fingerprint density at radius 2 is 2.09 bits per heavy atom. The molecule has 1 fully saturated rings. The van der Waals surface area contributed by atoms with Crippen molar-refractivity contribution in [2.45, 2.75) is 24.8 Å². The number of rotatable bonds is 3. The second kappa shape index (κ2) is 8.33. The monoisotopic (exact) mass is 468 g/mol. The number of amides is 2. The normalized spacial score (nSPS) is 19.0. The standard InChI is InChI=1S/C19H20F4N8O2/c1-29-8-10(19(21,22)23)5-12(17(29)32)27-18(33)30(2)14-3-4-31(9-11(14)20)15-7-24-16-13(26-15)6-25-28-16/h5-8,11,14H,3-4,9H2,1-2H3,(H,27,33)(H,24,25,28)/t11-,14-/m1/s1. The minimum absolute atomic E-state index is 0.0638. The van der Waals surface area contributed by atoms with Crippen LogP contribution in [0.3, 0.4) is 0 Å². The summed E-state index contributed by atoms with van der Waals surface area (Å²) in [5, 5.41) is 8.70. The van der Waals surface area contributed by atoms with Gasteiger partial charge in [0.15, 0.2) is 5.65 Å². The van der Waals surface area contributed by atoms with Crippen LogP contribution in [0.4, 0.5) is 33.9 Å². The van der Waals surface area contributed by atoms with E-state index < -0.39 is 41.2 Å². The van der Waals surface area contributed by atoms with Gasteiger partial charge in [0.25, 0.3) is 5.56 Å². The summed E-state index contributed by atoms with van der Waals surface area (Å²) in [5.41, 5.74) is -1.41. The van der Waals surface area contributed by atoms with Gasteiger partial charge in [-0.05, 0) is 12.5 Å². The number of hydrogen-bond donors (Lipinski definition) is 2. The molecule has 3 aromatic heterocycles. The Bertz CT molecular complexity index is 1240. The van der Waals surface area contributed by atoms with E-state index in [4.69, 9.17) is 0 Å². The number of H-pyrrole nitrogens is 1. The first-order valence-electron chi connectivity index (χ1n) is 9.91. The molecular formula is C19H20F4N8O2. The number of carbonyl (C=O) groups excluding carboxylic acids is 1. The number of hydrogen-bond acceptors (Lipinski definition) is 6. The van der Waals surface area contributed by atoms with Crippen molar-refractivity contribution in [1.82, 2.24) is 29.6 Å². The zero-order valence-electron chi connectivity index (χ0n) is 17.6. The van der Waals surface area contributed by atoms with E-state index in [1.54, 1.807) is 4.90 Å². The molecule has 1 aliphatic rings. The lowest BCUT2D eigenvalue weighted by molar-refractivity contribution is -0.138. The van der Waals surface area contributed by atoms with E-state index in [9.17, 15) is 22.8 Å². The maximum absolute atomic E-state index is 15.0. The first-order valence-corrected chi connectivity index (χ1v) is 9.91. The first kappa shape index (κ1) is 22.5. The van der Waals surface area contributed by atoms with Crippen molar-refractivity contribution < 1.29 is 22.4 Å². The third-order valence-electron chi connectivity index (χ3n) is 5.55. The Morgan fingerprint density at radius 1 is 1.33 bits per heavy atom. The highest BCUT2D eigenvalue weighted by molar-refractivity contribution is 5.89. The highest BCUT2D eigenvalue weighted by atomic mass is 19.4. The summed E-state index contributed by atoms with van der Waals surface area (Å²) >= 11 is 0. The summed E-state index contributed by atoms with van der Waals surface area (Å²) in [4.78, 5) is 36.1. The van der Waals surface area contributed by atoms with Crippen LogP contribution >= 0.6 is 0 Å². The number of aryl methyl sites for hydroxylation is 1. The van der Waals surface area contributed by atoms with E-state index in [0.717, 1.165) is 16.5 Å². The van der Waals surface area contributed by atoms with E-state index >= 15 is 4.39 Å². The lowest BCUT2D eigenvalue weighted by Gasteiger charge is -2.39. The second-order valence-electron chi connectivity index (χ2n) is 7.75. The molecule has 0 bridgehead atoms. The number of urea groups is 1. The Balaban J connectivity index is 1.45. The van der Waals surface area contributed by atoms with Crippen molar-refractivity contribution in [1.29, 1.82) is 0 Å². The molecule has 0 aromatic carbocycles.